The molecule has 2 atom stereocenters. The molecule has 0 aromatic carbocycles. The SMILES string of the molecule is CNCCC(=O)N1C[C@H](C)N(c2ccc3[nH]c(-c4cn5ncnc5c(C)c4C)c(C(C)C)c3n2)C[C@H]1C. The number of pyridine rings is 2. The first-order chi connectivity index (χ1) is 17.7. The Morgan fingerprint density at radius 2 is 1.95 bits per heavy atom. The number of hydrogen-bond acceptors (Lipinski definition) is 6. The summed E-state index contributed by atoms with van der Waals surface area (Å²) in [6.07, 6.45) is 4.20. The fourth-order valence-corrected chi connectivity index (χ4v) is 5.63. The van der Waals surface area contributed by atoms with Gasteiger partial charge >= 0.3 is 0 Å². The largest absolute Gasteiger partial charge is 0.353 e. The zero-order valence-electron chi connectivity index (χ0n) is 23.0. The predicted octanol–water partition coefficient (Wildman–Crippen LogP) is 4.05. The minimum atomic E-state index is 0.129. The van der Waals surface area contributed by atoms with E-state index in [0.29, 0.717) is 19.5 Å². The van der Waals surface area contributed by atoms with Crippen LogP contribution in [0.2, 0.25) is 0 Å². The summed E-state index contributed by atoms with van der Waals surface area (Å²) in [5, 5.41) is 7.48. The summed E-state index contributed by atoms with van der Waals surface area (Å²) in [6.45, 7) is 15.2. The van der Waals surface area contributed by atoms with Crippen LogP contribution in [0.1, 0.15) is 56.7 Å². The molecule has 4 aromatic rings. The quantitative estimate of drug-likeness (QED) is 0.413. The first-order valence-corrected chi connectivity index (χ1v) is 13.2. The van der Waals surface area contributed by atoms with Gasteiger partial charge in [0.2, 0.25) is 5.91 Å². The van der Waals surface area contributed by atoms with Crippen LogP contribution in [0.15, 0.2) is 24.7 Å². The van der Waals surface area contributed by atoms with Gasteiger partial charge in [-0.15, -0.1) is 0 Å². The fourth-order valence-electron chi connectivity index (χ4n) is 5.63. The van der Waals surface area contributed by atoms with Gasteiger partial charge in [-0.2, -0.15) is 5.10 Å². The Labute approximate surface area is 218 Å². The van der Waals surface area contributed by atoms with E-state index in [1.807, 2.05) is 16.5 Å². The molecule has 1 fully saturated rings. The van der Waals surface area contributed by atoms with Crippen LogP contribution >= 0.6 is 0 Å². The van der Waals surface area contributed by atoms with Gasteiger partial charge in [-0.05, 0) is 63.9 Å². The monoisotopic (exact) mass is 502 g/mol. The van der Waals surface area contributed by atoms with Crippen LogP contribution in [0.5, 0.6) is 0 Å². The van der Waals surface area contributed by atoms with Crippen LogP contribution in [0, 0.1) is 13.8 Å². The van der Waals surface area contributed by atoms with E-state index in [1.165, 1.54) is 11.1 Å². The zero-order valence-corrected chi connectivity index (χ0v) is 23.0. The second kappa shape index (κ2) is 9.78. The molecule has 9 nitrogen and oxygen atoms in total. The van der Waals surface area contributed by atoms with Crippen molar-refractivity contribution in [3.05, 3.63) is 41.3 Å². The Morgan fingerprint density at radius 1 is 1.16 bits per heavy atom. The molecule has 0 unspecified atom stereocenters. The lowest BCUT2D eigenvalue weighted by Gasteiger charge is -2.44. The van der Waals surface area contributed by atoms with Crippen molar-refractivity contribution in [3.8, 4) is 11.3 Å². The number of aryl methyl sites for hydroxylation is 1. The Morgan fingerprint density at radius 3 is 2.68 bits per heavy atom. The first-order valence-electron chi connectivity index (χ1n) is 13.2. The van der Waals surface area contributed by atoms with Crippen molar-refractivity contribution in [3.63, 3.8) is 0 Å². The van der Waals surface area contributed by atoms with E-state index in [-0.39, 0.29) is 23.9 Å². The van der Waals surface area contributed by atoms with E-state index in [2.05, 4.69) is 85.2 Å². The van der Waals surface area contributed by atoms with Crippen molar-refractivity contribution in [1.82, 2.24) is 34.8 Å². The number of hydrogen-bond donors (Lipinski definition) is 2. The number of nitrogens with one attached hydrogen (secondary N) is 2. The smallest absolute Gasteiger partial charge is 0.224 e. The van der Waals surface area contributed by atoms with Gasteiger partial charge in [0.05, 0.1) is 16.7 Å². The van der Waals surface area contributed by atoms with Gasteiger partial charge in [-0.25, -0.2) is 14.5 Å². The number of H-pyrrole nitrogens is 1. The fraction of sp³-hybridized carbons (Fsp3) is 0.500. The summed E-state index contributed by atoms with van der Waals surface area (Å²) >= 11 is 0. The minimum Gasteiger partial charge on any atom is -0.353 e. The Bertz CT molecular complexity index is 1450. The third-order valence-corrected chi connectivity index (χ3v) is 7.83. The molecule has 1 aliphatic rings. The van der Waals surface area contributed by atoms with Crippen LogP contribution in [-0.2, 0) is 4.79 Å². The van der Waals surface area contributed by atoms with E-state index in [1.54, 1.807) is 6.33 Å². The lowest BCUT2D eigenvalue weighted by atomic mass is 9.95. The summed E-state index contributed by atoms with van der Waals surface area (Å²) in [7, 11) is 1.88. The number of amides is 1. The van der Waals surface area contributed by atoms with Crippen LogP contribution in [0.25, 0.3) is 27.9 Å². The Balaban J connectivity index is 1.53. The van der Waals surface area contributed by atoms with Gasteiger partial charge in [-0.3, -0.25) is 4.79 Å². The summed E-state index contributed by atoms with van der Waals surface area (Å²) in [5.74, 6) is 1.45. The van der Waals surface area contributed by atoms with Crippen LogP contribution < -0.4 is 10.2 Å². The molecular formula is C28H38N8O. The second-order valence-electron chi connectivity index (χ2n) is 10.7. The molecule has 1 saturated heterocycles. The van der Waals surface area contributed by atoms with Gasteiger partial charge in [0, 0.05) is 55.5 Å². The van der Waals surface area contributed by atoms with Crippen LogP contribution in [0.4, 0.5) is 5.82 Å². The number of carbonyl (C=O) groups excluding carboxylic acids is 1. The summed E-state index contributed by atoms with van der Waals surface area (Å²) in [4.78, 5) is 30.4. The maximum atomic E-state index is 12.7. The van der Waals surface area contributed by atoms with E-state index in [4.69, 9.17) is 4.98 Å². The highest BCUT2D eigenvalue weighted by Crippen LogP contribution is 2.38. The van der Waals surface area contributed by atoms with E-state index in [9.17, 15) is 4.79 Å². The molecular weight excluding hydrogens is 464 g/mol. The number of piperazine rings is 1. The highest BCUT2D eigenvalue weighted by atomic mass is 16.2. The van der Waals surface area contributed by atoms with Crippen LogP contribution in [0.3, 0.4) is 0 Å². The maximum absolute atomic E-state index is 12.7. The number of aromatic amines is 1. The number of carbonyl (C=O) groups is 1. The molecule has 0 saturated carbocycles. The second-order valence-corrected chi connectivity index (χ2v) is 10.7. The maximum Gasteiger partial charge on any atom is 0.224 e. The Kier molecular flexibility index (Phi) is 6.66. The molecule has 0 aliphatic carbocycles. The van der Waals surface area contributed by atoms with Crippen molar-refractivity contribution >= 4 is 28.4 Å². The molecule has 1 aliphatic heterocycles. The molecule has 5 rings (SSSR count). The molecule has 37 heavy (non-hydrogen) atoms. The lowest BCUT2D eigenvalue weighted by molar-refractivity contribution is -0.134. The molecule has 9 heteroatoms. The van der Waals surface area contributed by atoms with Gasteiger partial charge in [0.25, 0.3) is 0 Å². The molecule has 0 spiro atoms. The van der Waals surface area contributed by atoms with E-state index < -0.39 is 0 Å². The standard InChI is InChI=1S/C28H38N8O/c1-16(2)25-26(21-14-36-28(30-15-31-36)20(6)19(21)5)32-22-8-9-23(33-27(22)25)34-12-18(4)35(13-17(34)3)24(37)10-11-29-7/h8-9,14-18,29,32H,10-13H2,1-7H3/t17-,18+/m0/s1. The first kappa shape index (κ1) is 25.2. The molecule has 0 bridgehead atoms. The van der Waals surface area contributed by atoms with Gasteiger partial charge < -0.3 is 20.1 Å². The number of aromatic nitrogens is 5. The zero-order chi connectivity index (χ0) is 26.4. The van der Waals surface area contributed by atoms with E-state index in [0.717, 1.165) is 45.9 Å². The van der Waals surface area contributed by atoms with Gasteiger partial charge in [-0.1, -0.05) is 13.8 Å². The molecule has 4 aromatic heterocycles. The Hall–Kier alpha value is -3.46. The number of nitrogens with zero attached hydrogens (tertiary/aromatic N) is 6. The van der Waals surface area contributed by atoms with Crippen molar-refractivity contribution in [2.75, 3.05) is 31.6 Å². The summed E-state index contributed by atoms with van der Waals surface area (Å²) in [5.41, 5.74) is 8.66. The summed E-state index contributed by atoms with van der Waals surface area (Å²) < 4.78 is 1.85. The minimum absolute atomic E-state index is 0.129. The van der Waals surface area contributed by atoms with Crippen molar-refractivity contribution in [2.45, 2.75) is 66.0 Å². The highest BCUT2D eigenvalue weighted by molar-refractivity contribution is 5.90. The van der Waals surface area contributed by atoms with Crippen molar-refractivity contribution < 1.29 is 4.79 Å². The number of rotatable bonds is 6. The third kappa shape index (κ3) is 4.35. The molecule has 5 heterocycles. The average molecular weight is 503 g/mol. The lowest BCUT2D eigenvalue weighted by Crippen LogP contribution is -2.58. The van der Waals surface area contributed by atoms with Crippen LogP contribution in [-0.4, -0.2) is 74.1 Å². The third-order valence-electron chi connectivity index (χ3n) is 7.83. The molecule has 196 valence electrons. The molecule has 1 amide bonds. The topological polar surface area (TPSA) is 94.5 Å². The molecule has 0 radical (unpaired) electrons. The average Bonchev–Trinajstić information content (AvgIpc) is 3.50. The normalized spacial score (nSPS) is 18.5. The number of anilines is 1. The summed E-state index contributed by atoms with van der Waals surface area (Å²) in [6, 6.07) is 4.56. The highest BCUT2D eigenvalue weighted by Gasteiger charge is 2.33. The predicted molar refractivity (Wildman–Crippen MR) is 148 cm³/mol. The van der Waals surface area contributed by atoms with Gasteiger partial charge in [0.15, 0.2) is 5.65 Å². The van der Waals surface area contributed by atoms with Gasteiger partial charge in [0.1, 0.15) is 12.1 Å². The van der Waals surface area contributed by atoms with E-state index >= 15 is 0 Å². The molecule has 2 N–H and O–H groups in total. The van der Waals surface area contributed by atoms with Crippen molar-refractivity contribution in [2.24, 2.45) is 0 Å². The number of fused-ring (bicyclic) bond motifs is 2. The van der Waals surface area contributed by atoms with Crippen molar-refractivity contribution in [1.29, 1.82) is 0 Å².